The molecule has 3 aromatic carbocycles. The number of benzene rings is 3. The number of aromatic amines is 2. The highest BCUT2D eigenvalue weighted by molar-refractivity contribution is 5.86. The molecule has 330 valence electrons. The van der Waals surface area contributed by atoms with Crippen LogP contribution in [0.4, 0.5) is 4.79 Å². The maximum atomic E-state index is 14.6. The Hall–Kier alpha value is -5.75. The highest BCUT2D eigenvalue weighted by atomic mass is 16.5. The number of ether oxygens (including phenoxy) is 2. The van der Waals surface area contributed by atoms with Gasteiger partial charge in [0.05, 0.1) is 49.1 Å². The van der Waals surface area contributed by atoms with Crippen molar-refractivity contribution in [2.24, 2.45) is 17.3 Å². The van der Waals surface area contributed by atoms with E-state index in [2.05, 4.69) is 93.0 Å². The van der Waals surface area contributed by atoms with E-state index in [1.165, 1.54) is 25.5 Å². The number of nitrogens with one attached hydrogen (secondary N) is 3. The van der Waals surface area contributed by atoms with Crippen LogP contribution in [0.3, 0.4) is 0 Å². The second kappa shape index (κ2) is 18.5. The van der Waals surface area contributed by atoms with Crippen molar-refractivity contribution in [1.82, 2.24) is 35.1 Å². The lowest BCUT2D eigenvalue weighted by Gasteiger charge is -2.30. The second-order valence-corrected chi connectivity index (χ2v) is 18.7. The SMILES string of the molecule is COC(=O)N[C@H](C(=O)N1CCC[C@@H]1c1ncc(-c2ccc(-c3ccc(-c4nc5[nH]c4COCCCCCC[C@@H](Cc4ccccc4)C(=O)N4CC6(CC6)C[C@@H]54)cc3)cc2)[nH]1)C(C)C. The first-order valence-electron chi connectivity index (χ1n) is 23.1. The number of hydrogen-bond acceptors (Lipinski definition) is 7. The first-order chi connectivity index (χ1) is 30.7. The molecule has 1 aliphatic carbocycles. The van der Waals surface area contributed by atoms with Gasteiger partial charge in [0.1, 0.15) is 17.7 Å². The van der Waals surface area contributed by atoms with Crippen molar-refractivity contribution in [3.63, 3.8) is 0 Å². The number of amides is 3. The third-order valence-corrected chi connectivity index (χ3v) is 13.9. The van der Waals surface area contributed by atoms with Gasteiger partial charge < -0.3 is 34.6 Å². The molecule has 63 heavy (non-hydrogen) atoms. The molecule has 3 N–H and O–H groups in total. The Kier molecular flexibility index (Phi) is 12.5. The number of fused-ring (bicyclic) bond motifs is 4. The van der Waals surface area contributed by atoms with Gasteiger partial charge in [-0.25, -0.2) is 14.8 Å². The van der Waals surface area contributed by atoms with Crippen LogP contribution in [-0.2, 0) is 32.1 Å². The summed E-state index contributed by atoms with van der Waals surface area (Å²) in [6.07, 6.45) is 12.1. The Labute approximate surface area is 370 Å². The van der Waals surface area contributed by atoms with Gasteiger partial charge in [-0.1, -0.05) is 112 Å². The molecule has 12 nitrogen and oxygen atoms in total. The summed E-state index contributed by atoms with van der Waals surface area (Å²) in [4.78, 5) is 61.5. The van der Waals surface area contributed by atoms with Crippen molar-refractivity contribution in [1.29, 1.82) is 0 Å². The lowest BCUT2D eigenvalue weighted by Crippen LogP contribution is -2.51. The van der Waals surface area contributed by atoms with E-state index >= 15 is 0 Å². The van der Waals surface area contributed by atoms with Crippen molar-refractivity contribution in [2.75, 3.05) is 26.8 Å². The average molecular weight is 852 g/mol. The molecule has 0 unspecified atom stereocenters. The minimum Gasteiger partial charge on any atom is -0.453 e. The van der Waals surface area contributed by atoms with Crippen molar-refractivity contribution in [2.45, 2.75) is 109 Å². The van der Waals surface area contributed by atoms with Gasteiger partial charge in [0, 0.05) is 31.2 Å². The van der Waals surface area contributed by atoms with Crippen molar-refractivity contribution in [3.05, 3.63) is 108 Å². The zero-order chi connectivity index (χ0) is 43.5. The summed E-state index contributed by atoms with van der Waals surface area (Å²) in [6.45, 7) is 6.39. The summed E-state index contributed by atoms with van der Waals surface area (Å²) in [6, 6.07) is 26.5. The number of H-pyrrole nitrogens is 2. The third-order valence-electron chi connectivity index (χ3n) is 13.9. The topological polar surface area (TPSA) is 146 Å². The van der Waals surface area contributed by atoms with Crippen molar-refractivity contribution >= 4 is 17.9 Å². The number of methoxy groups -OCH3 is 1. The average Bonchev–Trinajstić information content (AvgIpc) is 3.79. The summed E-state index contributed by atoms with van der Waals surface area (Å²) < 4.78 is 11.1. The maximum absolute atomic E-state index is 14.6. The normalized spacial score (nSPS) is 21.8. The highest BCUT2D eigenvalue weighted by Crippen LogP contribution is 2.58. The monoisotopic (exact) mass is 851 g/mol. The molecule has 3 amide bonds. The Morgan fingerprint density at radius 3 is 2.29 bits per heavy atom. The predicted octanol–water partition coefficient (Wildman–Crippen LogP) is 9.57. The summed E-state index contributed by atoms with van der Waals surface area (Å²) in [5, 5.41) is 2.72. The lowest BCUT2D eigenvalue weighted by molar-refractivity contribution is -0.137. The van der Waals surface area contributed by atoms with Crippen LogP contribution in [0.15, 0.2) is 85.1 Å². The minimum atomic E-state index is -0.682. The minimum absolute atomic E-state index is 0.0420. The first kappa shape index (κ1) is 42.5. The van der Waals surface area contributed by atoms with E-state index < -0.39 is 12.1 Å². The summed E-state index contributed by atoms with van der Waals surface area (Å²) >= 11 is 0. The van der Waals surface area contributed by atoms with Crippen LogP contribution in [-0.4, -0.2) is 80.5 Å². The molecule has 4 aliphatic rings. The number of aromatic nitrogens is 4. The number of hydrogen-bond donors (Lipinski definition) is 3. The molecule has 2 aromatic heterocycles. The molecule has 5 aromatic rings. The molecule has 3 aliphatic heterocycles. The van der Waals surface area contributed by atoms with E-state index in [0.29, 0.717) is 19.8 Å². The molecule has 12 heteroatoms. The molecule has 9 rings (SSSR count). The Bertz CT molecular complexity index is 2370. The molecule has 2 bridgehead atoms. The Morgan fingerprint density at radius 2 is 1.57 bits per heavy atom. The van der Waals surface area contributed by atoms with Crippen LogP contribution in [0.1, 0.15) is 113 Å². The van der Waals surface area contributed by atoms with Crippen LogP contribution in [0.2, 0.25) is 0 Å². The van der Waals surface area contributed by atoms with Gasteiger partial charge in [-0.15, -0.1) is 0 Å². The standard InChI is InChI=1S/C51H61N7O5/c1-33(2)44(56-50(61)62-3)49(60)57-26-11-15-42(57)46-52-30-40(53-46)37-20-16-35(17-21-37)36-18-22-38(23-19-36)45-41-31-63-27-10-5-4-9-14-39(28-34-12-7-6-8-13-34)48(59)58-32-51(24-25-51)29-43(58)47(54-41)55-45/h6-8,12-13,16-23,30,33,39,42-44H,4-5,9-11,14-15,24-29,31-32H2,1-3H3,(H,52,53)(H,54,55)(H,56,61)/t39-,42+,43-,44-/m0/s1. The van der Waals surface area contributed by atoms with E-state index in [9.17, 15) is 14.4 Å². The van der Waals surface area contributed by atoms with Crippen LogP contribution in [0, 0.1) is 17.3 Å². The fraction of sp³-hybridized carbons (Fsp3) is 0.471. The molecule has 4 atom stereocenters. The number of alkyl carbamates (subject to hydrolysis) is 1. The molecule has 2 saturated heterocycles. The third kappa shape index (κ3) is 9.32. The van der Waals surface area contributed by atoms with Crippen LogP contribution >= 0.6 is 0 Å². The summed E-state index contributed by atoms with van der Waals surface area (Å²) in [5.41, 5.74) is 8.35. The smallest absolute Gasteiger partial charge is 0.407 e. The Morgan fingerprint density at radius 1 is 0.857 bits per heavy atom. The van der Waals surface area contributed by atoms with Gasteiger partial charge >= 0.3 is 6.09 Å². The largest absolute Gasteiger partial charge is 0.453 e. The van der Waals surface area contributed by atoms with Crippen LogP contribution in [0.25, 0.3) is 33.6 Å². The molecular formula is C51H61N7O5. The molecule has 3 fully saturated rings. The van der Waals surface area contributed by atoms with E-state index in [1.54, 1.807) is 0 Å². The quantitative estimate of drug-likeness (QED) is 0.134. The fourth-order valence-electron chi connectivity index (χ4n) is 10.1. The number of nitrogens with zero attached hydrogens (tertiary/aromatic N) is 4. The number of carbonyl (C=O) groups is 3. The lowest BCUT2D eigenvalue weighted by atomic mass is 9.92. The molecular weight excluding hydrogens is 791 g/mol. The Balaban J connectivity index is 0.919. The number of likely N-dealkylation sites (tertiary alicyclic amines) is 1. The van der Waals surface area contributed by atoms with E-state index in [4.69, 9.17) is 19.4 Å². The van der Waals surface area contributed by atoms with E-state index in [-0.39, 0.29) is 41.1 Å². The van der Waals surface area contributed by atoms with Crippen LogP contribution < -0.4 is 5.32 Å². The predicted molar refractivity (Wildman–Crippen MR) is 242 cm³/mol. The fourth-order valence-corrected chi connectivity index (χ4v) is 10.1. The van der Waals surface area contributed by atoms with Crippen LogP contribution in [0.5, 0.6) is 0 Å². The van der Waals surface area contributed by atoms with Gasteiger partial charge in [0.2, 0.25) is 11.8 Å². The number of rotatable bonds is 9. The first-order valence-corrected chi connectivity index (χ1v) is 23.1. The van der Waals surface area contributed by atoms with E-state index in [1.807, 2.05) is 31.0 Å². The summed E-state index contributed by atoms with van der Waals surface area (Å²) in [5.74, 6) is 1.62. The van der Waals surface area contributed by atoms with Gasteiger partial charge in [0.25, 0.3) is 0 Å². The molecule has 0 radical (unpaired) electrons. The van der Waals surface area contributed by atoms with E-state index in [0.717, 1.165) is 115 Å². The molecule has 1 spiro atoms. The zero-order valence-corrected chi connectivity index (χ0v) is 36.9. The highest BCUT2D eigenvalue weighted by Gasteiger charge is 2.55. The molecule has 1 saturated carbocycles. The van der Waals surface area contributed by atoms with Gasteiger partial charge in [-0.05, 0) is 85.0 Å². The zero-order valence-electron chi connectivity index (χ0n) is 36.9. The maximum Gasteiger partial charge on any atom is 0.407 e. The number of imidazole rings is 2. The van der Waals surface area contributed by atoms with Gasteiger partial charge in [-0.3, -0.25) is 9.59 Å². The van der Waals surface area contributed by atoms with Gasteiger partial charge in [0.15, 0.2) is 0 Å². The van der Waals surface area contributed by atoms with Gasteiger partial charge in [-0.2, -0.15) is 0 Å². The number of carbonyl (C=O) groups excluding carboxylic acids is 3. The van der Waals surface area contributed by atoms with Crippen molar-refractivity contribution in [3.8, 4) is 33.6 Å². The second-order valence-electron chi connectivity index (χ2n) is 18.7. The molecule has 5 heterocycles. The summed E-state index contributed by atoms with van der Waals surface area (Å²) in [7, 11) is 1.30. The van der Waals surface area contributed by atoms with Crippen molar-refractivity contribution < 1.29 is 23.9 Å².